The minimum Gasteiger partial charge on any atom is -0.496 e. The molecule has 1 aromatic carbocycles. The molecule has 0 radical (unpaired) electrons. The van der Waals surface area contributed by atoms with Crippen LogP contribution in [0, 0.1) is 13.8 Å². The fraction of sp³-hybridized carbons (Fsp3) is 0.286. The number of thiophene rings is 1. The summed E-state index contributed by atoms with van der Waals surface area (Å²) in [6.45, 7) is 4.01. The molecular formula is C14H16O2S. The maximum atomic E-state index is 10.3. The number of aliphatic hydroxyl groups excluding tert-OH is 1. The average Bonchev–Trinajstić information content (AvgIpc) is 2.75. The average molecular weight is 248 g/mol. The van der Waals surface area contributed by atoms with E-state index in [9.17, 15) is 5.11 Å². The van der Waals surface area contributed by atoms with Crippen LogP contribution in [0.2, 0.25) is 0 Å². The van der Waals surface area contributed by atoms with Crippen LogP contribution in [0.1, 0.15) is 27.7 Å². The predicted octanol–water partition coefficient (Wildman–Crippen LogP) is 3.46. The molecule has 0 aliphatic heterocycles. The van der Waals surface area contributed by atoms with Gasteiger partial charge >= 0.3 is 0 Å². The molecule has 0 amide bonds. The van der Waals surface area contributed by atoms with Crippen LogP contribution in [-0.4, -0.2) is 12.2 Å². The molecule has 1 aromatic heterocycles. The lowest BCUT2D eigenvalue weighted by Gasteiger charge is -2.13. The Labute approximate surface area is 105 Å². The standard InChI is InChI=1S/C14H16O2S/c1-9-4-5-11(8-13(9)16-3)14(15)12-6-7-17-10(12)2/h4-8,14-15H,1-3H3. The first kappa shape index (κ1) is 12.1. The van der Waals surface area contributed by atoms with E-state index in [1.807, 2.05) is 43.5 Å². The zero-order chi connectivity index (χ0) is 12.4. The second kappa shape index (κ2) is 4.90. The maximum absolute atomic E-state index is 10.3. The summed E-state index contributed by atoms with van der Waals surface area (Å²) in [4.78, 5) is 1.15. The van der Waals surface area contributed by atoms with Crippen molar-refractivity contribution in [3.8, 4) is 5.75 Å². The summed E-state index contributed by atoms with van der Waals surface area (Å²) in [5.41, 5.74) is 2.92. The number of hydrogen-bond acceptors (Lipinski definition) is 3. The molecule has 1 N–H and O–H groups in total. The zero-order valence-electron chi connectivity index (χ0n) is 10.2. The van der Waals surface area contributed by atoms with Gasteiger partial charge in [-0.05, 0) is 48.1 Å². The highest BCUT2D eigenvalue weighted by Gasteiger charge is 2.14. The normalized spacial score (nSPS) is 12.5. The second-order valence-electron chi connectivity index (χ2n) is 4.06. The van der Waals surface area contributed by atoms with Crippen LogP contribution in [0.4, 0.5) is 0 Å². The summed E-state index contributed by atoms with van der Waals surface area (Å²) in [6.07, 6.45) is -0.573. The van der Waals surface area contributed by atoms with E-state index in [0.717, 1.165) is 27.3 Å². The Bertz CT molecular complexity index is 517. The fourth-order valence-corrected chi connectivity index (χ4v) is 2.60. The van der Waals surface area contributed by atoms with Crippen molar-refractivity contribution in [3.63, 3.8) is 0 Å². The molecule has 1 unspecified atom stereocenters. The largest absolute Gasteiger partial charge is 0.496 e. The van der Waals surface area contributed by atoms with Gasteiger partial charge in [-0.2, -0.15) is 0 Å². The van der Waals surface area contributed by atoms with Gasteiger partial charge in [0.1, 0.15) is 11.9 Å². The lowest BCUT2D eigenvalue weighted by molar-refractivity contribution is 0.219. The minimum atomic E-state index is -0.573. The van der Waals surface area contributed by atoms with E-state index in [4.69, 9.17) is 4.74 Å². The Morgan fingerprint density at radius 1 is 1.24 bits per heavy atom. The number of hydrogen-bond donors (Lipinski definition) is 1. The number of ether oxygens (including phenoxy) is 1. The van der Waals surface area contributed by atoms with Crippen molar-refractivity contribution in [3.05, 3.63) is 51.2 Å². The molecule has 90 valence electrons. The quantitative estimate of drug-likeness (QED) is 0.901. The van der Waals surface area contributed by atoms with Gasteiger partial charge < -0.3 is 9.84 Å². The first-order chi connectivity index (χ1) is 8.13. The molecule has 0 aliphatic carbocycles. The van der Waals surface area contributed by atoms with Crippen molar-refractivity contribution in [2.24, 2.45) is 0 Å². The molecule has 0 saturated carbocycles. The van der Waals surface area contributed by atoms with Crippen LogP contribution >= 0.6 is 11.3 Å². The van der Waals surface area contributed by atoms with E-state index in [0.29, 0.717) is 0 Å². The molecule has 17 heavy (non-hydrogen) atoms. The summed E-state index contributed by atoms with van der Waals surface area (Å²) in [7, 11) is 1.65. The molecule has 2 aromatic rings. The molecule has 1 heterocycles. The Morgan fingerprint density at radius 3 is 2.59 bits per heavy atom. The summed E-state index contributed by atoms with van der Waals surface area (Å²) < 4.78 is 5.27. The Hall–Kier alpha value is -1.32. The van der Waals surface area contributed by atoms with Crippen LogP contribution in [0.3, 0.4) is 0 Å². The fourth-order valence-electron chi connectivity index (χ4n) is 1.86. The van der Waals surface area contributed by atoms with Gasteiger partial charge in [-0.25, -0.2) is 0 Å². The third-order valence-electron chi connectivity index (χ3n) is 2.94. The van der Waals surface area contributed by atoms with E-state index >= 15 is 0 Å². The SMILES string of the molecule is COc1cc(C(O)c2ccsc2C)ccc1C. The van der Waals surface area contributed by atoms with E-state index in [-0.39, 0.29) is 0 Å². The topological polar surface area (TPSA) is 29.5 Å². The van der Waals surface area contributed by atoms with Crippen molar-refractivity contribution in [2.75, 3.05) is 7.11 Å². The summed E-state index contributed by atoms with van der Waals surface area (Å²) in [6, 6.07) is 7.78. The van der Waals surface area contributed by atoms with Crippen LogP contribution in [0.15, 0.2) is 29.6 Å². The molecule has 0 saturated heterocycles. The third kappa shape index (κ3) is 2.35. The van der Waals surface area contributed by atoms with Crippen LogP contribution in [0.5, 0.6) is 5.75 Å². The molecule has 0 fully saturated rings. The molecule has 1 atom stereocenters. The maximum Gasteiger partial charge on any atom is 0.122 e. The van der Waals surface area contributed by atoms with Crippen molar-refractivity contribution in [1.82, 2.24) is 0 Å². The molecular weight excluding hydrogens is 232 g/mol. The van der Waals surface area contributed by atoms with Gasteiger partial charge in [0, 0.05) is 4.88 Å². The van der Waals surface area contributed by atoms with Crippen molar-refractivity contribution in [1.29, 1.82) is 0 Å². The Balaban J connectivity index is 2.38. The zero-order valence-corrected chi connectivity index (χ0v) is 11.0. The summed E-state index contributed by atoms with van der Waals surface area (Å²) in [5, 5.41) is 12.3. The van der Waals surface area contributed by atoms with Gasteiger partial charge in [0.05, 0.1) is 7.11 Å². The van der Waals surface area contributed by atoms with Crippen molar-refractivity contribution >= 4 is 11.3 Å². The van der Waals surface area contributed by atoms with E-state index in [1.165, 1.54) is 0 Å². The highest BCUT2D eigenvalue weighted by Crippen LogP contribution is 2.30. The first-order valence-corrected chi connectivity index (χ1v) is 6.38. The first-order valence-electron chi connectivity index (χ1n) is 5.50. The van der Waals surface area contributed by atoms with E-state index in [1.54, 1.807) is 18.4 Å². The number of rotatable bonds is 3. The molecule has 0 bridgehead atoms. The lowest BCUT2D eigenvalue weighted by atomic mass is 10.0. The van der Waals surface area contributed by atoms with Gasteiger partial charge in [-0.3, -0.25) is 0 Å². The van der Waals surface area contributed by atoms with Gasteiger partial charge in [-0.15, -0.1) is 11.3 Å². The molecule has 2 nitrogen and oxygen atoms in total. The predicted molar refractivity (Wildman–Crippen MR) is 70.8 cm³/mol. The van der Waals surface area contributed by atoms with Gasteiger partial charge in [-0.1, -0.05) is 12.1 Å². The van der Waals surface area contributed by atoms with E-state index in [2.05, 4.69) is 0 Å². The summed E-state index contributed by atoms with van der Waals surface area (Å²) in [5.74, 6) is 0.814. The van der Waals surface area contributed by atoms with Gasteiger partial charge in [0.25, 0.3) is 0 Å². The molecule has 0 aliphatic rings. The van der Waals surface area contributed by atoms with Crippen LogP contribution in [0.25, 0.3) is 0 Å². The second-order valence-corrected chi connectivity index (χ2v) is 5.18. The van der Waals surface area contributed by atoms with Crippen molar-refractivity contribution < 1.29 is 9.84 Å². The van der Waals surface area contributed by atoms with Gasteiger partial charge in [0.2, 0.25) is 0 Å². The van der Waals surface area contributed by atoms with Crippen LogP contribution < -0.4 is 4.74 Å². The summed E-state index contributed by atoms with van der Waals surface area (Å²) >= 11 is 1.65. The van der Waals surface area contributed by atoms with Gasteiger partial charge in [0.15, 0.2) is 0 Å². The molecule has 2 rings (SSSR count). The van der Waals surface area contributed by atoms with E-state index < -0.39 is 6.10 Å². The number of aryl methyl sites for hydroxylation is 2. The number of methoxy groups -OCH3 is 1. The Morgan fingerprint density at radius 2 is 2.00 bits per heavy atom. The molecule has 3 heteroatoms. The molecule has 0 spiro atoms. The van der Waals surface area contributed by atoms with Crippen LogP contribution in [-0.2, 0) is 0 Å². The Kier molecular flexibility index (Phi) is 3.50. The highest BCUT2D eigenvalue weighted by atomic mass is 32.1. The van der Waals surface area contributed by atoms with Crippen molar-refractivity contribution in [2.45, 2.75) is 20.0 Å². The number of aliphatic hydroxyl groups is 1. The number of benzene rings is 1. The highest BCUT2D eigenvalue weighted by molar-refractivity contribution is 7.10. The third-order valence-corrected chi connectivity index (χ3v) is 3.80. The lowest BCUT2D eigenvalue weighted by Crippen LogP contribution is -2.00. The monoisotopic (exact) mass is 248 g/mol. The smallest absolute Gasteiger partial charge is 0.122 e. The minimum absolute atomic E-state index is 0.573.